The number of nitrogens with zero attached hydrogens (tertiary/aromatic N) is 1. The lowest BCUT2D eigenvalue weighted by Crippen LogP contribution is -2.42. The summed E-state index contributed by atoms with van der Waals surface area (Å²) in [7, 11) is 0. The minimum atomic E-state index is 0.282. The Hall–Kier alpha value is -0.730. The highest BCUT2D eigenvalue weighted by atomic mass is 15.3. The Labute approximate surface area is 73.4 Å². The molecular formula is C9H17N3. The van der Waals surface area contributed by atoms with E-state index in [2.05, 4.69) is 4.90 Å². The first-order valence-corrected chi connectivity index (χ1v) is 4.89. The maximum absolute atomic E-state index is 7.42. The van der Waals surface area contributed by atoms with E-state index in [1.165, 1.54) is 32.1 Å². The molecular weight excluding hydrogens is 150 g/mol. The number of hydrogen-bond donors (Lipinski definition) is 2. The molecule has 0 spiro atoms. The second kappa shape index (κ2) is 2.96. The largest absolute Gasteiger partial charge is 0.370 e. The van der Waals surface area contributed by atoms with Crippen molar-refractivity contribution in [2.75, 3.05) is 6.54 Å². The molecule has 0 amide bonds. The second-order valence-electron chi connectivity index (χ2n) is 3.98. The molecule has 2 rings (SSSR count). The summed E-state index contributed by atoms with van der Waals surface area (Å²) in [6.07, 6.45) is 6.57. The van der Waals surface area contributed by atoms with E-state index in [-0.39, 0.29) is 5.96 Å². The van der Waals surface area contributed by atoms with Gasteiger partial charge in [0, 0.05) is 12.6 Å². The average molecular weight is 167 g/mol. The molecule has 2 atom stereocenters. The molecule has 2 aliphatic rings. The Kier molecular flexibility index (Phi) is 1.95. The third kappa shape index (κ3) is 1.17. The molecule has 1 aliphatic heterocycles. The molecule has 1 aliphatic carbocycles. The van der Waals surface area contributed by atoms with Crippen LogP contribution < -0.4 is 5.73 Å². The Balaban J connectivity index is 2.05. The van der Waals surface area contributed by atoms with Crippen LogP contribution >= 0.6 is 0 Å². The molecule has 0 aromatic heterocycles. The Morgan fingerprint density at radius 3 is 2.75 bits per heavy atom. The fourth-order valence-corrected chi connectivity index (χ4v) is 2.70. The molecule has 0 bridgehead atoms. The minimum absolute atomic E-state index is 0.282. The summed E-state index contributed by atoms with van der Waals surface area (Å²) in [5, 5.41) is 7.42. The molecule has 0 unspecified atom stereocenters. The second-order valence-corrected chi connectivity index (χ2v) is 3.98. The molecule has 3 nitrogen and oxygen atoms in total. The monoisotopic (exact) mass is 167 g/mol. The van der Waals surface area contributed by atoms with Gasteiger partial charge in [-0.15, -0.1) is 0 Å². The average Bonchev–Trinajstić information content (AvgIpc) is 2.47. The number of hydrogen-bond acceptors (Lipinski definition) is 1. The van der Waals surface area contributed by atoms with Gasteiger partial charge in [0.05, 0.1) is 0 Å². The van der Waals surface area contributed by atoms with Gasteiger partial charge in [-0.2, -0.15) is 0 Å². The molecule has 3 heteroatoms. The van der Waals surface area contributed by atoms with E-state index in [1.54, 1.807) is 0 Å². The van der Waals surface area contributed by atoms with Crippen molar-refractivity contribution in [3.63, 3.8) is 0 Å². The molecule has 2 fully saturated rings. The summed E-state index contributed by atoms with van der Waals surface area (Å²) < 4.78 is 0. The number of nitrogens with two attached hydrogens (primary N) is 1. The van der Waals surface area contributed by atoms with Gasteiger partial charge in [-0.1, -0.05) is 12.8 Å². The lowest BCUT2D eigenvalue weighted by molar-refractivity contribution is 0.251. The maximum atomic E-state index is 7.42. The van der Waals surface area contributed by atoms with Crippen LogP contribution in [0.2, 0.25) is 0 Å². The quantitative estimate of drug-likeness (QED) is 0.420. The topological polar surface area (TPSA) is 53.1 Å². The van der Waals surface area contributed by atoms with Gasteiger partial charge in [0.1, 0.15) is 0 Å². The van der Waals surface area contributed by atoms with Crippen LogP contribution in [0.25, 0.3) is 0 Å². The molecule has 0 radical (unpaired) electrons. The highest BCUT2D eigenvalue weighted by Crippen LogP contribution is 2.35. The summed E-state index contributed by atoms with van der Waals surface area (Å²) in [5.74, 6) is 1.12. The van der Waals surface area contributed by atoms with Crippen LogP contribution in [0, 0.1) is 11.3 Å². The van der Waals surface area contributed by atoms with E-state index in [4.69, 9.17) is 11.1 Å². The Morgan fingerprint density at radius 1 is 1.25 bits per heavy atom. The van der Waals surface area contributed by atoms with Crippen molar-refractivity contribution in [2.45, 2.75) is 38.1 Å². The predicted molar refractivity (Wildman–Crippen MR) is 49.0 cm³/mol. The fourth-order valence-electron chi connectivity index (χ4n) is 2.70. The molecule has 1 saturated heterocycles. The zero-order chi connectivity index (χ0) is 8.55. The van der Waals surface area contributed by atoms with E-state index in [9.17, 15) is 0 Å². The van der Waals surface area contributed by atoms with Crippen LogP contribution in [0.3, 0.4) is 0 Å². The van der Waals surface area contributed by atoms with Gasteiger partial charge in [0.15, 0.2) is 5.96 Å². The van der Waals surface area contributed by atoms with Crippen molar-refractivity contribution in [1.29, 1.82) is 5.41 Å². The van der Waals surface area contributed by atoms with Crippen molar-refractivity contribution >= 4 is 5.96 Å². The van der Waals surface area contributed by atoms with Crippen molar-refractivity contribution < 1.29 is 0 Å². The summed E-state index contributed by atoms with van der Waals surface area (Å²) in [6, 6.07) is 0.608. The molecule has 0 aromatic carbocycles. The van der Waals surface area contributed by atoms with Crippen molar-refractivity contribution in [3.05, 3.63) is 0 Å². The molecule has 0 aromatic rings. The first-order valence-electron chi connectivity index (χ1n) is 4.89. The first kappa shape index (κ1) is 7.90. The number of rotatable bonds is 0. The van der Waals surface area contributed by atoms with Crippen LogP contribution in [-0.4, -0.2) is 23.4 Å². The molecule has 3 N–H and O–H groups in total. The van der Waals surface area contributed by atoms with Gasteiger partial charge < -0.3 is 10.6 Å². The highest BCUT2D eigenvalue weighted by molar-refractivity contribution is 5.75. The van der Waals surface area contributed by atoms with Gasteiger partial charge >= 0.3 is 0 Å². The number of likely N-dealkylation sites (tertiary alicyclic amines) is 1. The van der Waals surface area contributed by atoms with E-state index < -0.39 is 0 Å². The van der Waals surface area contributed by atoms with Crippen LogP contribution in [0.15, 0.2) is 0 Å². The van der Waals surface area contributed by atoms with E-state index in [0.29, 0.717) is 6.04 Å². The third-order valence-corrected chi connectivity index (χ3v) is 3.32. The first-order chi connectivity index (χ1) is 5.79. The molecule has 12 heavy (non-hydrogen) atoms. The standard InChI is InChI=1S/C9H17N3/c10-9(11)12-6-5-7-3-1-2-4-8(7)12/h7-8H,1-6H2,(H3,10,11)/t7-,8+/m0/s1. The zero-order valence-corrected chi connectivity index (χ0v) is 7.42. The van der Waals surface area contributed by atoms with Crippen LogP contribution in [-0.2, 0) is 0 Å². The van der Waals surface area contributed by atoms with Gasteiger partial charge in [-0.05, 0) is 25.2 Å². The van der Waals surface area contributed by atoms with E-state index in [0.717, 1.165) is 12.5 Å². The summed E-state index contributed by atoms with van der Waals surface area (Å²) >= 11 is 0. The van der Waals surface area contributed by atoms with E-state index in [1.807, 2.05) is 0 Å². The molecule has 1 saturated carbocycles. The smallest absolute Gasteiger partial charge is 0.188 e. The number of nitrogens with one attached hydrogen (secondary N) is 1. The summed E-state index contributed by atoms with van der Waals surface area (Å²) in [6.45, 7) is 1.02. The van der Waals surface area contributed by atoms with Crippen LogP contribution in [0.4, 0.5) is 0 Å². The third-order valence-electron chi connectivity index (χ3n) is 3.32. The lowest BCUT2D eigenvalue weighted by atomic mass is 9.85. The number of fused-ring (bicyclic) bond motifs is 1. The van der Waals surface area contributed by atoms with Crippen molar-refractivity contribution in [1.82, 2.24) is 4.90 Å². The highest BCUT2D eigenvalue weighted by Gasteiger charge is 2.35. The lowest BCUT2D eigenvalue weighted by Gasteiger charge is -2.31. The molecule has 1 heterocycles. The maximum Gasteiger partial charge on any atom is 0.188 e. The normalized spacial score (nSPS) is 34.8. The predicted octanol–water partition coefficient (Wildman–Crippen LogP) is 1.14. The van der Waals surface area contributed by atoms with Gasteiger partial charge in [-0.3, -0.25) is 5.41 Å². The van der Waals surface area contributed by atoms with Crippen LogP contribution in [0.1, 0.15) is 32.1 Å². The van der Waals surface area contributed by atoms with Crippen molar-refractivity contribution in [3.8, 4) is 0 Å². The number of guanidine groups is 1. The summed E-state index contributed by atoms with van der Waals surface area (Å²) in [4.78, 5) is 2.09. The Morgan fingerprint density at radius 2 is 2.00 bits per heavy atom. The van der Waals surface area contributed by atoms with Gasteiger partial charge in [0.2, 0.25) is 0 Å². The van der Waals surface area contributed by atoms with E-state index >= 15 is 0 Å². The minimum Gasteiger partial charge on any atom is -0.370 e. The SMILES string of the molecule is N=C(N)N1CC[C@@H]2CCCC[C@H]21. The van der Waals surface area contributed by atoms with Crippen LogP contribution in [0.5, 0.6) is 0 Å². The molecule has 68 valence electrons. The fraction of sp³-hybridized carbons (Fsp3) is 0.889. The Bertz CT molecular complexity index is 190. The summed E-state index contributed by atoms with van der Waals surface area (Å²) in [5.41, 5.74) is 5.51. The zero-order valence-electron chi connectivity index (χ0n) is 7.42. The van der Waals surface area contributed by atoms with Gasteiger partial charge in [0.25, 0.3) is 0 Å². The van der Waals surface area contributed by atoms with Gasteiger partial charge in [-0.25, -0.2) is 0 Å². The van der Waals surface area contributed by atoms with Crippen molar-refractivity contribution in [2.24, 2.45) is 11.7 Å².